The molecule has 0 saturated carbocycles. The van der Waals surface area contributed by atoms with Crippen LogP contribution in [0.15, 0.2) is 24.3 Å². The number of carboxylic acid groups (broad SMARTS) is 1. The first-order valence-corrected chi connectivity index (χ1v) is 7.76. The summed E-state index contributed by atoms with van der Waals surface area (Å²) in [6, 6.07) is 7.13. The summed E-state index contributed by atoms with van der Waals surface area (Å²) in [4.78, 5) is 24.4. The maximum atomic E-state index is 12.2. The molecular formula is C17H25NO5. The predicted octanol–water partition coefficient (Wildman–Crippen LogP) is 2.57. The number of carbonyl (C=O) groups excluding carboxylic acids is 1. The van der Waals surface area contributed by atoms with Crippen molar-refractivity contribution in [2.24, 2.45) is 0 Å². The van der Waals surface area contributed by atoms with Gasteiger partial charge in [0.05, 0.1) is 13.7 Å². The van der Waals surface area contributed by atoms with Crippen LogP contribution in [0.25, 0.3) is 0 Å². The van der Waals surface area contributed by atoms with Gasteiger partial charge in [0.1, 0.15) is 18.0 Å². The van der Waals surface area contributed by atoms with Crippen molar-refractivity contribution in [3.63, 3.8) is 0 Å². The Hall–Kier alpha value is -2.24. The second-order valence-corrected chi connectivity index (χ2v) is 5.30. The Morgan fingerprint density at radius 1 is 1.22 bits per heavy atom. The summed E-state index contributed by atoms with van der Waals surface area (Å²) in [5, 5.41) is 8.91. The van der Waals surface area contributed by atoms with Gasteiger partial charge in [-0.1, -0.05) is 6.92 Å². The third-order valence-electron chi connectivity index (χ3n) is 3.61. The van der Waals surface area contributed by atoms with E-state index in [-0.39, 0.29) is 24.9 Å². The Kier molecular flexibility index (Phi) is 7.94. The first kappa shape index (κ1) is 18.8. The minimum atomic E-state index is -0.992. The van der Waals surface area contributed by atoms with E-state index in [0.717, 1.165) is 12.2 Å². The molecule has 0 bridgehead atoms. The molecule has 1 atom stereocenters. The van der Waals surface area contributed by atoms with Gasteiger partial charge in [-0.15, -0.1) is 0 Å². The maximum Gasteiger partial charge on any atom is 0.323 e. The van der Waals surface area contributed by atoms with Gasteiger partial charge < -0.3 is 19.5 Å². The van der Waals surface area contributed by atoms with Crippen LogP contribution < -0.4 is 9.47 Å². The van der Waals surface area contributed by atoms with Crippen molar-refractivity contribution in [1.82, 2.24) is 4.90 Å². The number of rotatable bonds is 10. The highest BCUT2D eigenvalue weighted by atomic mass is 16.5. The highest BCUT2D eigenvalue weighted by Gasteiger charge is 2.20. The number of benzene rings is 1. The fourth-order valence-corrected chi connectivity index (χ4v) is 2.08. The smallest absolute Gasteiger partial charge is 0.323 e. The fraction of sp³-hybridized carbons (Fsp3) is 0.529. The Morgan fingerprint density at radius 3 is 2.35 bits per heavy atom. The molecule has 0 radical (unpaired) electrons. The average molecular weight is 323 g/mol. The monoisotopic (exact) mass is 323 g/mol. The number of hydrogen-bond acceptors (Lipinski definition) is 4. The van der Waals surface area contributed by atoms with Crippen LogP contribution >= 0.6 is 0 Å². The second-order valence-electron chi connectivity index (χ2n) is 5.30. The van der Waals surface area contributed by atoms with Crippen LogP contribution in [0.1, 0.15) is 33.1 Å². The zero-order chi connectivity index (χ0) is 17.2. The lowest BCUT2D eigenvalue weighted by atomic mass is 10.2. The molecule has 0 heterocycles. The van der Waals surface area contributed by atoms with E-state index in [4.69, 9.17) is 14.6 Å². The average Bonchev–Trinajstić information content (AvgIpc) is 2.56. The Morgan fingerprint density at radius 2 is 1.83 bits per heavy atom. The van der Waals surface area contributed by atoms with Crippen molar-refractivity contribution >= 4 is 11.9 Å². The molecule has 0 spiro atoms. The summed E-state index contributed by atoms with van der Waals surface area (Å²) in [5.41, 5.74) is 0. The lowest BCUT2D eigenvalue weighted by Gasteiger charge is -2.27. The standard InChI is InChI=1S/C17H25NO5/c1-4-13(2)18(12-17(20)21)16(19)6-5-11-23-15-9-7-14(22-3)8-10-15/h7-10,13H,4-6,11-12H2,1-3H3,(H,20,21). The van der Waals surface area contributed by atoms with Crippen LogP contribution in [0.2, 0.25) is 0 Å². The number of amides is 1. The quantitative estimate of drug-likeness (QED) is 0.670. The van der Waals surface area contributed by atoms with Crippen LogP contribution in [-0.4, -0.2) is 48.2 Å². The number of carboxylic acids is 1. The fourth-order valence-electron chi connectivity index (χ4n) is 2.08. The number of ether oxygens (including phenoxy) is 2. The zero-order valence-electron chi connectivity index (χ0n) is 13.9. The summed E-state index contributed by atoms with van der Waals surface area (Å²) in [5.74, 6) is 0.321. The largest absolute Gasteiger partial charge is 0.497 e. The van der Waals surface area contributed by atoms with E-state index in [9.17, 15) is 9.59 Å². The highest BCUT2D eigenvalue weighted by Crippen LogP contribution is 2.17. The van der Waals surface area contributed by atoms with Crippen molar-refractivity contribution < 1.29 is 24.2 Å². The molecule has 1 aromatic rings. The molecule has 6 heteroatoms. The third-order valence-corrected chi connectivity index (χ3v) is 3.61. The molecule has 6 nitrogen and oxygen atoms in total. The van der Waals surface area contributed by atoms with Crippen LogP contribution in [-0.2, 0) is 9.59 Å². The van der Waals surface area contributed by atoms with Gasteiger partial charge in [0.15, 0.2) is 0 Å². The lowest BCUT2D eigenvalue weighted by Crippen LogP contribution is -2.41. The minimum absolute atomic E-state index is 0.0823. The van der Waals surface area contributed by atoms with Gasteiger partial charge in [-0.05, 0) is 44.0 Å². The molecule has 1 aromatic carbocycles. The van der Waals surface area contributed by atoms with Gasteiger partial charge in [0.25, 0.3) is 0 Å². The van der Waals surface area contributed by atoms with Crippen molar-refractivity contribution in [1.29, 1.82) is 0 Å². The summed E-state index contributed by atoms with van der Waals surface area (Å²) < 4.78 is 10.6. The van der Waals surface area contributed by atoms with Crippen molar-refractivity contribution in [2.45, 2.75) is 39.2 Å². The molecule has 1 N–H and O–H groups in total. The summed E-state index contributed by atoms with van der Waals surface area (Å²) >= 11 is 0. The first-order valence-electron chi connectivity index (χ1n) is 7.76. The van der Waals surface area contributed by atoms with Gasteiger partial charge in [-0.25, -0.2) is 0 Å². The molecule has 128 valence electrons. The number of hydrogen-bond donors (Lipinski definition) is 1. The number of carbonyl (C=O) groups is 2. The summed E-state index contributed by atoms with van der Waals surface area (Å²) in [6.07, 6.45) is 1.53. The topological polar surface area (TPSA) is 76.1 Å². The van der Waals surface area contributed by atoms with E-state index in [0.29, 0.717) is 18.8 Å². The Labute approximate surface area is 137 Å². The molecule has 1 unspecified atom stereocenters. The van der Waals surface area contributed by atoms with Gasteiger partial charge in [0.2, 0.25) is 5.91 Å². The summed E-state index contributed by atoms with van der Waals surface area (Å²) in [6.45, 7) is 3.93. The summed E-state index contributed by atoms with van der Waals surface area (Å²) in [7, 11) is 1.60. The van der Waals surface area contributed by atoms with E-state index in [1.54, 1.807) is 31.4 Å². The number of nitrogens with zero attached hydrogens (tertiary/aromatic N) is 1. The van der Waals surface area contributed by atoms with Crippen LogP contribution in [0.5, 0.6) is 11.5 Å². The van der Waals surface area contributed by atoms with Crippen molar-refractivity contribution in [3.8, 4) is 11.5 Å². The van der Waals surface area contributed by atoms with Gasteiger partial charge in [0, 0.05) is 12.5 Å². The van der Waals surface area contributed by atoms with E-state index in [2.05, 4.69) is 0 Å². The molecule has 0 aliphatic heterocycles. The molecular weight excluding hydrogens is 298 g/mol. The van der Waals surface area contributed by atoms with E-state index in [1.807, 2.05) is 13.8 Å². The van der Waals surface area contributed by atoms with Crippen LogP contribution in [0.4, 0.5) is 0 Å². The third kappa shape index (κ3) is 6.59. The molecule has 0 saturated heterocycles. The van der Waals surface area contributed by atoms with E-state index in [1.165, 1.54) is 4.90 Å². The number of aliphatic carboxylic acids is 1. The normalized spacial score (nSPS) is 11.6. The first-order chi connectivity index (χ1) is 11.0. The lowest BCUT2D eigenvalue weighted by molar-refractivity contribution is -0.146. The van der Waals surface area contributed by atoms with E-state index < -0.39 is 5.97 Å². The molecule has 0 aliphatic rings. The predicted molar refractivity (Wildman–Crippen MR) is 86.8 cm³/mol. The molecule has 1 amide bonds. The SMILES string of the molecule is CCC(C)N(CC(=O)O)C(=O)CCCOc1ccc(OC)cc1. The maximum absolute atomic E-state index is 12.2. The Bertz CT molecular complexity index is 500. The van der Waals surface area contributed by atoms with Gasteiger partial charge in [-0.2, -0.15) is 0 Å². The van der Waals surface area contributed by atoms with Crippen molar-refractivity contribution in [2.75, 3.05) is 20.3 Å². The molecule has 0 aromatic heterocycles. The molecule has 0 fully saturated rings. The number of methoxy groups -OCH3 is 1. The zero-order valence-corrected chi connectivity index (χ0v) is 13.9. The van der Waals surface area contributed by atoms with Gasteiger partial charge in [-0.3, -0.25) is 9.59 Å². The molecule has 0 aliphatic carbocycles. The van der Waals surface area contributed by atoms with Crippen LogP contribution in [0.3, 0.4) is 0 Å². The van der Waals surface area contributed by atoms with Crippen molar-refractivity contribution in [3.05, 3.63) is 24.3 Å². The molecule has 23 heavy (non-hydrogen) atoms. The molecule has 1 rings (SSSR count). The van der Waals surface area contributed by atoms with Gasteiger partial charge >= 0.3 is 5.97 Å². The highest BCUT2D eigenvalue weighted by molar-refractivity contribution is 5.81. The van der Waals surface area contributed by atoms with Crippen LogP contribution in [0, 0.1) is 0 Å². The second kappa shape index (κ2) is 9.71. The van der Waals surface area contributed by atoms with E-state index >= 15 is 0 Å². The Balaban J connectivity index is 2.39. The minimum Gasteiger partial charge on any atom is -0.497 e.